The summed E-state index contributed by atoms with van der Waals surface area (Å²) in [7, 11) is 0. The molecule has 0 radical (unpaired) electrons. The van der Waals surface area contributed by atoms with Gasteiger partial charge in [-0.3, -0.25) is 19.2 Å². The monoisotopic (exact) mass is 600 g/mol. The van der Waals surface area contributed by atoms with Crippen LogP contribution in [0.25, 0.3) is 0 Å². The molecule has 3 aromatic rings. The number of nitrogens with one attached hydrogen (secondary N) is 2. The Balaban J connectivity index is 1.51. The van der Waals surface area contributed by atoms with E-state index in [1.54, 1.807) is 42.5 Å². The summed E-state index contributed by atoms with van der Waals surface area (Å²) in [5.74, 6) is -1.25. The molecule has 0 saturated heterocycles. The molecule has 9 heteroatoms. The number of benzene rings is 3. The van der Waals surface area contributed by atoms with Gasteiger partial charge in [-0.15, -0.1) is 0 Å². The Bertz CT molecular complexity index is 1510. The molecule has 43 heavy (non-hydrogen) atoms. The molecule has 0 aromatic heterocycles. The molecule has 0 unspecified atom stereocenters. The van der Waals surface area contributed by atoms with E-state index in [4.69, 9.17) is 17.3 Å². The van der Waals surface area contributed by atoms with Crippen LogP contribution in [-0.4, -0.2) is 40.5 Å². The molecule has 8 nitrogen and oxygen atoms in total. The van der Waals surface area contributed by atoms with Crippen LogP contribution in [0.4, 0.5) is 5.69 Å². The zero-order chi connectivity index (χ0) is 30.9. The van der Waals surface area contributed by atoms with E-state index in [2.05, 4.69) is 17.2 Å². The molecule has 1 aliphatic heterocycles. The van der Waals surface area contributed by atoms with Crippen molar-refractivity contribution in [2.45, 2.75) is 64.1 Å². The number of carbonyl (C=O) groups is 4. The maximum absolute atomic E-state index is 13.8. The van der Waals surface area contributed by atoms with Gasteiger partial charge in [0.1, 0.15) is 12.1 Å². The smallest absolute Gasteiger partial charge is 0.246 e. The highest BCUT2D eigenvalue weighted by Crippen LogP contribution is 2.25. The van der Waals surface area contributed by atoms with Crippen LogP contribution in [0.15, 0.2) is 85.1 Å². The summed E-state index contributed by atoms with van der Waals surface area (Å²) in [6.07, 6.45) is 1.65. The number of Topliss-reactive ketones (excluding diaryl/α,β-unsaturated/α-hetero) is 1. The molecule has 0 bridgehead atoms. The van der Waals surface area contributed by atoms with Gasteiger partial charge in [0, 0.05) is 47.8 Å². The van der Waals surface area contributed by atoms with Gasteiger partial charge in [-0.05, 0) is 61.1 Å². The minimum Gasteiger partial charge on any atom is -0.403 e. The average Bonchev–Trinajstić information content (AvgIpc) is 3.00. The van der Waals surface area contributed by atoms with E-state index in [-0.39, 0.29) is 37.0 Å². The number of amides is 3. The third-order valence-corrected chi connectivity index (χ3v) is 8.01. The zero-order valence-corrected chi connectivity index (χ0v) is 25.0. The molecule has 0 saturated carbocycles. The summed E-state index contributed by atoms with van der Waals surface area (Å²) in [4.78, 5) is 54.9. The van der Waals surface area contributed by atoms with Gasteiger partial charge < -0.3 is 21.3 Å². The number of ketones is 1. The summed E-state index contributed by atoms with van der Waals surface area (Å²) in [5.41, 5.74) is 10.1. The fourth-order valence-electron chi connectivity index (χ4n) is 5.17. The lowest BCUT2D eigenvalue weighted by Crippen LogP contribution is -2.56. The number of fused-ring (bicyclic) bond motifs is 1. The third kappa shape index (κ3) is 8.55. The van der Waals surface area contributed by atoms with E-state index in [1.165, 1.54) is 4.90 Å². The van der Waals surface area contributed by atoms with Crippen molar-refractivity contribution in [3.05, 3.63) is 112 Å². The lowest BCUT2D eigenvalue weighted by atomic mass is 9.92. The fraction of sp³-hybridized carbons (Fsp3) is 0.294. The van der Waals surface area contributed by atoms with E-state index in [9.17, 15) is 19.2 Å². The largest absolute Gasteiger partial charge is 0.403 e. The Morgan fingerprint density at radius 2 is 1.67 bits per heavy atom. The van der Waals surface area contributed by atoms with Gasteiger partial charge in [-0.2, -0.15) is 0 Å². The standard InChI is InChI=1S/C34H37ClN4O4/c1-22-19-27(15-16-28(22)35)37-33(42)29(14-8-9-23(2)36)38-34(43)30-20-25-12-6-7-13-26(25)21-39(30)32(41)18-17-31(40)24-10-4-3-5-11-24/h3-7,10-13,15-16,19,29-30H,2,8-9,14,17-18,20-21,36H2,1H3,(H,37,42)(H,38,43)/t29-,30+/m1/s1. The predicted octanol–water partition coefficient (Wildman–Crippen LogP) is 5.33. The summed E-state index contributed by atoms with van der Waals surface area (Å²) in [6.45, 7) is 5.80. The van der Waals surface area contributed by atoms with E-state index < -0.39 is 18.0 Å². The molecule has 3 amide bonds. The van der Waals surface area contributed by atoms with Crippen molar-refractivity contribution in [3.8, 4) is 0 Å². The molecular weight excluding hydrogens is 564 g/mol. The maximum Gasteiger partial charge on any atom is 0.246 e. The first-order valence-electron chi connectivity index (χ1n) is 14.4. The van der Waals surface area contributed by atoms with Crippen LogP contribution in [-0.2, 0) is 27.3 Å². The number of nitrogens with two attached hydrogens (primary N) is 1. The Kier molecular flexibility index (Phi) is 10.7. The Morgan fingerprint density at radius 3 is 2.37 bits per heavy atom. The zero-order valence-electron chi connectivity index (χ0n) is 24.3. The summed E-state index contributed by atoms with van der Waals surface area (Å²) in [6, 6.07) is 19.9. The van der Waals surface area contributed by atoms with E-state index in [1.807, 2.05) is 37.3 Å². The van der Waals surface area contributed by atoms with Crippen molar-refractivity contribution in [1.29, 1.82) is 0 Å². The number of anilines is 1. The van der Waals surface area contributed by atoms with Crippen molar-refractivity contribution in [2.24, 2.45) is 5.73 Å². The number of allylic oxidation sites excluding steroid dienone is 1. The van der Waals surface area contributed by atoms with Gasteiger partial charge in [0.25, 0.3) is 0 Å². The first kappa shape index (κ1) is 31.5. The molecule has 0 fully saturated rings. The molecule has 0 aliphatic carbocycles. The van der Waals surface area contributed by atoms with E-state index in [0.717, 1.165) is 16.7 Å². The van der Waals surface area contributed by atoms with Gasteiger partial charge in [-0.25, -0.2) is 0 Å². The minimum absolute atomic E-state index is 0.0296. The second-order valence-electron chi connectivity index (χ2n) is 10.9. The van der Waals surface area contributed by atoms with Crippen molar-refractivity contribution in [3.63, 3.8) is 0 Å². The molecular formula is C34H37ClN4O4. The highest BCUT2D eigenvalue weighted by Gasteiger charge is 2.36. The topological polar surface area (TPSA) is 122 Å². The van der Waals surface area contributed by atoms with Gasteiger partial charge in [-0.1, -0.05) is 72.8 Å². The normalized spacial score (nSPS) is 14.7. The number of rotatable bonds is 12. The number of carbonyl (C=O) groups excluding carboxylic acids is 4. The fourth-order valence-corrected chi connectivity index (χ4v) is 5.29. The summed E-state index contributed by atoms with van der Waals surface area (Å²) in [5, 5.41) is 6.36. The predicted molar refractivity (Wildman–Crippen MR) is 168 cm³/mol. The van der Waals surface area contributed by atoms with Gasteiger partial charge >= 0.3 is 0 Å². The molecule has 1 aliphatic rings. The Labute approximate surface area is 257 Å². The van der Waals surface area contributed by atoms with Gasteiger partial charge in [0.2, 0.25) is 17.7 Å². The number of nitrogens with zero attached hydrogens (tertiary/aromatic N) is 1. The lowest BCUT2D eigenvalue weighted by molar-refractivity contribution is -0.142. The molecule has 4 N–H and O–H groups in total. The van der Waals surface area contributed by atoms with Crippen molar-refractivity contribution < 1.29 is 19.2 Å². The Hall–Kier alpha value is -4.43. The van der Waals surface area contributed by atoms with Crippen molar-refractivity contribution >= 4 is 40.8 Å². The number of hydrogen-bond acceptors (Lipinski definition) is 5. The SMILES string of the molecule is C=C(N)CCC[C@@H](NC(=O)[C@@H]1Cc2ccccc2CN1C(=O)CCC(=O)c1ccccc1)C(=O)Nc1ccc(Cl)c(C)c1. The van der Waals surface area contributed by atoms with Crippen LogP contribution >= 0.6 is 11.6 Å². The summed E-state index contributed by atoms with van der Waals surface area (Å²) < 4.78 is 0. The summed E-state index contributed by atoms with van der Waals surface area (Å²) >= 11 is 6.14. The number of hydrogen-bond donors (Lipinski definition) is 3. The highest BCUT2D eigenvalue weighted by atomic mass is 35.5. The average molecular weight is 601 g/mol. The molecule has 2 atom stereocenters. The van der Waals surface area contributed by atoms with Crippen LogP contribution in [0, 0.1) is 6.92 Å². The number of halogens is 1. The van der Waals surface area contributed by atoms with Crippen LogP contribution in [0.2, 0.25) is 5.02 Å². The molecule has 0 spiro atoms. The molecule has 224 valence electrons. The quantitative estimate of drug-likeness (QED) is 0.243. The molecule has 4 rings (SSSR count). The van der Waals surface area contributed by atoms with E-state index in [0.29, 0.717) is 47.7 Å². The van der Waals surface area contributed by atoms with E-state index >= 15 is 0 Å². The van der Waals surface area contributed by atoms with Crippen LogP contribution in [0.3, 0.4) is 0 Å². The minimum atomic E-state index is -0.878. The van der Waals surface area contributed by atoms with Crippen molar-refractivity contribution in [2.75, 3.05) is 5.32 Å². The van der Waals surface area contributed by atoms with Gasteiger partial charge in [0.15, 0.2) is 5.78 Å². The van der Waals surface area contributed by atoms with Gasteiger partial charge in [0.05, 0.1) is 0 Å². The van der Waals surface area contributed by atoms with Crippen LogP contribution in [0.1, 0.15) is 59.2 Å². The van der Waals surface area contributed by atoms with Crippen molar-refractivity contribution in [1.82, 2.24) is 10.2 Å². The molecule has 3 aromatic carbocycles. The second-order valence-corrected chi connectivity index (χ2v) is 11.3. The van der Waals surface area contributed by atoms with Crippen LogP contribution in [0.5, 0.6) is 0 Å². The molecule has 1 heterocycles. The maximum atomic E-state index is 13.8. The first-order chi connectivity index (χ1) is 20.6. The van der Waals surface area contributed by atoms with Crippen LogP contribution < -0.4 is 16.4 Å². The Morgan fingerprint density at radius 1 is 0.977 bits per heavy atom. The lowest BCUT2D eigenvalue weighted by Gasteiger charge is -2.37. The first-order valence-corrected chi connectivity index (χ1v) is 14.8. The highest BCUT2D eigenvalue weighted by molar-refractivity contribution is 6.31. The second kappa shape index (κ2) is 14.6. The third-order valence-electron chi connectivity index (χ3n) is 7.58. The number of aryl methyl sites for hydroxylation is 1.